The Morgan fingerprint density at radius 1 is 1.25 bits per heavy atom. The lowest BCUT2D eigenvalue weighted by atomic mass is 10.1. The van der Waals surface area contributed by atoms with Crippen molar-refractivity contribution in [1.82, 2.24) is 10.3 Å². The third-order valence-electron chi connectivity index (χ3n) is 4.75. The van der Waals surface area contributed by atoms with Crippen molar-refractivity contribution in [3.8, 4) is 0 Å². The summed E-state index contributed by atoms with van der Waals surface area (Å²) in [5.74, 6) is 0.142. The molecule has 1 amide bonds. The van der Waals surface area contributed by atoms with Crippen LogP contribution in [0.4, 0.5) is 14.7 Å². The fourth-order valence-electron chi connectivity index (χ4n) is 3.35. The van der Waals surface area contributed by atoms with Gasteiger partial charge in [0.1, 0.15) is 6.04 Å². The number of H-pyrrole nitrogens is 2. The number of amides is 1. The van der Waals surface area contributed by atoms with Gasteiger partial charge in [-0.15, -0.1) is 0 Å². The number of fused-ring (bicyclic) bond motifs is 1. The molecule has 4 heterocycles. The van der Waals surface area contributed by atoms with Gasteiger partial charge < -0.3 is 10.1 Å². The average molecular weight is 389 g/mol. The second-order valence-electron chi connectivity index (χ2n) is 6.50. The molecular weight excluding hydrogens is 368 g/mol. The lowest BCUT2D eigenvalue weighted by Crippen LogP contribution is -2.41. The molecule has 3 N–H and O–H groups in total. The van der Waals surface area contributed by atoms with Crippen LogP contribution in [0.1, 0.15) is 22.1 Å². The number of hydrogen-bond acceptors (Lipinski definition) is 3. The lowest BCUT2D eigenvalue weighted by molar-refractivity contribution is -0.497. The van der Waals surface area contributed by atoms with Crippen LogP contribution < -0.4 is 19.6 Å². The molecule has 146 valence electrons. The summed E-state index contributed by atoms with van der Waals surface area (Å²) in [7, 11) is 0. The van der Waals surface area contributed by atoms with Gasteiger partial charge in [0.15, 0.2) is 17.9 Å². The smallest absolute Gasteiger partial charge is 0.363 e. The van der Waals surface area contributed by atoms with Gasteiger partial charge in [-0.2, -0.15) is 0 Å². The summed E-state index contributed by atoms with van der Waals surface area (Å²) in [4.78, 5) is 20.9. The highest BCUT2D eigenvalue weighted by molar-refractivity contribution is 5.98. The van der Waals surface area contributed by atoms with Crippen molar-refractivity contribution in [2.45, 2.75) is 12.5 Å². The normalized spacial score (nSPS) is 15.8. The number of halogens is 2. The van der Waals surface area contributed by atoms with Crippen LogP contribution in [0.5, 0.6) is 0 Å². The van der Waals surface area contributed by atoms with E-state index >= 15 is 0 Å². The number of aromatic nitrogens is 3. The zero-order valence-electron chi connectivity index (χ0n) is 15.1. The summed E-state index contributed by atoms with van der Waals surface area (Å²) >= 11 is 0. The number of carbonyl (C=O) groups is 1. The van der Waals surface area contributed by atoms with E-state index in [4.69, 9.17) is 4.74 Å². The Bertz CT molecular complexity index is 957. The zero-order chi connectivity index (χ0) is 19.5. The summed E-state index contributed by atoms with van der Waals surface area (Å²) in [6.45, 7) is 2.54. The van der Waals surface area contributed by atoms with Crippen molar-refractivity contribution in [2.24, 2.45) is 0 Å². The molecule has 4 rings (SSSR count). The van der Waals surface area contributed by atoms with Gasteiger partial charge in [0.05, 0.1) is 32.5 Å². The topological polar surface area (TPSA) is 75.6 Å². The van der Waals surface area contributed by atoms with E-state index in [-0.39, 0.29) is 5.69 Å². The highest BCUT2D eigenvalue weighted by Gasteiger charge is 2.32. The Hall–Kier alpha value is -3.07. The van der Waals surface area contributed by atoms with Crippen molar-refractivity contribution < 1.29 is 27.7 Å². The van der Waals surface area contributed by atoms with E-state index in [0.29, 0.717) is 37.4 Å². The average Bonchev–Trinajstić information content (AvgIpc) is 3.13. The Labute approximate surface area is 160 Å². The van der Waals surface area contributed by atoms with E-state index in [1.54, 1.807) is 30.5 Å². The minimum Gasteiger partial charge on any atom is -0.375 e. The van der Waals surface area contributed by atoms with Gasteiger partial charge in [0, 0.05) is 11.6 Å². The van der Waals surface area contributed by atoms with Gasteiger partial charge in [-0.25, -0.2) is 23.1 Å². The molecule has 1 fully saturated rings. The molecule has 0 bridgehead atoms. The molecule has 0 spiro atoms. The molecule has 7 nitrogen and oxygen atoms in total. The Morgan fingerprint density at radius 2 is 2.07 bits per heavy atom. The number of nitrogens with zero attached hydrogens (tertiary/aromatic N) is 2. The summed E-state index contributed by atoms with van der Waals surface area (Å²) < 4.78 is 34.4. The van der Waals surface area contributed by atoms with Crippen molar-refractivity contribution in [2.75, 3.05) is 31.2 Å². The van der Waals surface area contributed by atoms with Crippen molar-refractivity contribution >= 4 is 17.4 Å². The molecule has 0 radical (unpaired) electrons. The van der Waals surface area contributed by atoms with Crippen molar-refractivity contribution in [3.05, 3.63) is 60.2 Å². The number of anilines is 1. The number of rotatable bonds is 5. The van der Waals surface area contributed by atoms with Gasteiger partial charge in [-0.05, 0) is 18.2 Å². The first-order chi connectivity index (χ1) is 13.6. The third-order valence-corrected chi connectivity index (χ3v) is 4.75. The Morgan fingerprint density at radius 3 is 2.79 bits per heavy atom. The number of carbonyl (C=O) groups excluding carboxylic acids is 1. The molecule has 1 aliphatic heterocycles. The van der Waals surface area contributed by atoms with Crippen molar-refractivity contribution in [3.63, 3.8) is 0 Å². The van der Waals surface area contributed by atoms with E-state index < -0.39 is 18.4 Å². The molecular formula is C19H21F2N5O2+2. The van der Waals surface area contributed by atoms with Crippen LogP contribution in [0.25, 0.3) is 5.52 Å². The molecule has 1 aliphatic rings. The highest BCUT2D eigenvalue weighted by atomic mass is 19.3. The maximum atomic E-state index is 13.6. The van der Waals surface area contributed by atoms with Crippen LogP contribution in [0.2, 0.25) is 0 Å². The second-order valence-corrected chi connectivity index (χ2v) is 6.50. The number of imidazole rings is 1. The molecule has 3 aromatic heterocycles. The first kappa shape index (κ1) is 18.3. The molecule has 1 unspecified atom stereocenters. The van der Waals surface area contributed by atoms with Crippen LogP contribution in [0.15, 0.2) is 48.9 Å². The van der Waals surface area contributed by atoms with Crippen LogP contribution in [-0.4, -0.2) is 43.6 Å². The fourth-order valence-corrected chi connectivity index (χ4v) is 3.35. The molecule has 1 saturated heterocycles. The van der Waals surface area contributed by atoms with Gasteiger partial charge in [0.2, 0.25) is 5.69 Å². The number of nitrogens with one attached hydrogen (secondary N) is 3. The Kier molecular flexibility index (Phi) is 5.16. The molecule has 3 aromatic rings. The predicted octanol–water partition coefficient (Wildman–Crippen LogP) is 1.14. The number of aromatic amines is 2. The zero-order valence-corrected chi connectivity index (χ0v) is 15.1. The molecule has 0 saturated carbocycles. The molecule has 28 heavy (non-hydrogen) atoms. The van der Waals surface area contributed by atoms with Crippen molar-refractivity contribution in [1.29, 1.82) is 0 Å². The number of ether oxygens (including phenoxy) is 1. The quantitative estimate of drug-likeness (QED) is 0.643. The minimum absolute atomic E-state index is 0.243. The maximum absolute atomic E-state index is 13.6. The van der Waals surface area contributed by atoms with Gasteiger partial charge in [0.25, 0.3) is 12.3 Å². The SMILES string of the molecule is O=C(NC(c1ccc[nH+]c1)C(F)F)c1[nH]c(N2CCOCC2)[n+]2ccccc12. The Balaban J connectivity index is 1.67. The largest absolute Gasteiger partial charge is 0.375 e. The molecule has 0 aliphatic carbocycles. The van der Waals surface area contributed by atoms with Crippen LogP contribution in [0, 0.1) is 0 Å². The summed E-state index contributed by atoms with van der Waals surface area (Å²) in [6, 6.07) is 7.20. The van der Waals surface area contributed by atoms with Gasteiger partial charge in [-0.3, -0.25) is 9.69 Å². The van der Waals surface area contributed by atoms with E-state index in [1.165, 1.54) is 6.20 Å². The first-order valence-corrected chi connectivity index (χ1v) is 9.05. The van der Waals surface area contributed by atoms with Crippen LogP contribution in [-0.2, 0) is 4.74 Å². The van der Waals surface area contributed by atoms with E-state index in [2.05, 4.69) is 20.2 Å². The second kappa shape index (κ2) is 7.89. The highest BCUT2D eigenvalue weighted by Crippen LogP contribution is 2.21. The number of morpholine rings is 1. The maximum Gasteiger partial charge on any atom is 0.363 e. The summed E-state index contributed by atoms with van der Waals surface area (Å²) in [5.41, 5.74) is 1.17. The summed E-state index contributed by atoms with van der Waals surface area (Å²) in [5, 5.41) is 2.46. The lowest BCUT2D eigenvalue weighted by Gasteiger charge is -2.21. The monoisotopic (exact) mass is 389 g/mol. The number of alkyl halides is 2. The predicted molar refractivity (Wildman–Crippen MR) is 96.2 cm³/mol. The minimum atomic E-state index is -2.74. The molecule has 0 aromatic carbocycles. The van der Waals surface area contributed by atoms with Gasteiger partial charge in [-0.1, -0.05) is 6.07 Å². The summed E-state index contributed by atoms with van der Waals surface area (Å²) in [6.07, 6.45) is 2.17. The van der Waals surface area contributed by atoms with E-state index in [1.807, 2.05) is 16.7 Å². The van der Waals surface area contributed by atoms with Crippen LogP contribution in [0.3, 0.4) is 0 Å². The molecule has 9 heteroatoms. The van der Waals surface area contributed by atoms with Crippen LogP contribution >= 0.6 is 0 Å². The first-order valence-electron chi connectivity index (χ1n) is 9.05. The third kappa shape index (κ3) is 3.53. The van der Waals surface area contributed by atoms with E-state index in [9.17, 15) is 13.6 Å². The number of pyridine rings is 2. The standard InChI is InChI=1S/C19H19F2N5O2/c20-17(21)15(13-4-3-6-22-12-13)23-18(27)16-14-5-1-2-7-26(14)19(24-16)25-8-10-28-11-9-25/h1-7,12,15,17H,8-11H2,(H,23,27)/p+2. The number of hydrogen-bond donors (Lipinski definition) is 2. The fraction of sp³-hybridized carbons (Fsp3) is 0.316. The molecule has 1 atom stereocenters. The van der Waals surface area contributed by atoms with Gasteiger partial charge >= 0.3 is 5.95 Å². The van der Waals surface area contributed by atoms with E-state index in [0.717, 1.165) is 5.95 Å².